The predicted molar refractivity (Wildman–Crippen MR) is 109 cm³/mol. The number of benzene rings is 1. The van der Waals surface area contributed by atoms with Crippen molar-refractivity contribution in [3.8, 4) is 23.1 Å². The third-order valence-corrected chi connectivity index (χ3v) is 5.62. The zero-order chi connectivity index (χ0) is 20.8. The molecule has 3 aromatic heterocycles. The molecular weight excluding hydrogens is 409 g/mol. The van der Waals surface area contributed by atoms with E-state index in [0.29, 0.717) is 17.1 Å². The number of imidazole rings is 1. The van der Waals surface area contributed by atoms with Crippen LogP contribution in [0.5, 0.6) is 11.9 Å². The van der Waals surface area contributed by atoms with E-state index in [-0.39, 0.29) is 22.9 Å². The number of aromatic nitrogens is 5. The summed E-state index contributed by atoms with van der Waals surface area (Å²) in [5.74, 6) is 0.430. The maximum atomic E-state index is 13.5. The molecule has 5 rings (SSSR count). The zero-order valence-electron chi connectivity index (χ0n) is 16.2. The molecule has 1 saturated carbocycles. The van der Waals surface area contributed by atoms with Crippen LogP contribution >= 0.6 is 11.6 Å². The Morgan fingerprint density at radius 2 is 2.00 bits per heavy atom. The normalized spacial score (nSPS) is 17.9. The zero-order valence-corrected chi connectivity index (χ0v) is 17.0. The van der Waals surface area contributed by atoms with Gasteiger partial charge in [0.15, 0.2) is 5.65 Å². The van der Waals surface area contributed by atoms with Gasteiger partial charge < -0.3 is 9.47 Å². The van der Waals surface area contributed by atoms with Crippen LogP contribution < -0.4 is 9.47 Å². The van der Waals surface area contributed by atoms with E-state index in [2.05, 4.69) is 20.1 Å². The van der Waals surface area contributed by atoms with Gasteiger partial charge in [0.05, 0.1) is 30.5 Å². The van der Waals surface area contributed by atoms with Crippen LogP contribution in [-0.4, -0.2) is 38.8 Å². The third-order valence-electron chi connectivity index (χ3n) is 5.33. The summed E-state index contributed by atoms with van der Waals surface area (Å²) in [6.07, 6.45) is 6.06. The quantitative estimate of drug-likeness (QED) is 0.475. The fourth-order valence-electron chi connectivity index (χ4n) is 3.78. The summed E-state index contributed by atoms with van der Waals surface area (Å²) in [4.78, 5) is 12.9. The minimum absolute atomic E-state index is 0.139. The lowest BCUT2D eigenvalue weighted by Crippen LogP contribution is -2.02. The summed E-state index contributed by atoms with van der Waals surface area (Å²) < 4.78 is 25.8. The lowest BCUT2D eigenvalue weighted by Gasteiger charge is -2.11. The van der Waals surface area contributed by atoms with E-state index < -0.39 is 5.82 Å². The SMILES string of the molecule is COc1ncc(-c2cc([C@H]3C[C@@H]3c3ccc(F)c(Cl)c3)c3nccn3n2)c(OC)n1. The molecule has 2 atom stereocenters. The van der Waals surface area contributed by atoms with Gasteiger partial charge in [0.25, 0.3) is 0 Å². The van der Waals surface area contributed by atoms with Crippen LogP contribution in [0.4, 0.5) is 4.39 Å². The lowest BCUT2D eigenvalue weighted by atomic mass is 10.0. The Kier molecular flexibility index (Phi) is 4.51. The summed E-state index contributed by atoms with van der Waals surface area (Å²) in [6.45, 7) is 0. The average molecular weight is 426 g/mol. The number of ether oxygens (including phenoxy) is 2. The Balaban J connectivity index is 1.57. The first kappa shape index (κ1) is 18.7. The molecule has 0 spiro atoms. The Hall–Kier alpha value is -3.26. The highest BCUT2D eigenvalue weighted by Gasteiger charge is 2.41. The molecule has 0 aliphatic heterocycles. The Labute approximate surface area is 176 Å². The van der Waals surface area contributed by atoms with Gasteiger partial charge in [-0.25, -0.2) is 18.9 Å². The molecule has 3 heterocycles. The number of methoxy groups -OCH3 is 2. The second kappa shape index (κ2) is 7.21. The number of fused-ring (bicyclic) bond motifs is 1. The average Bonchev–Trinajstić information content (AvgIpc) is 3.42. The van der Waals surface area contributed by atoms with E-state index >= 15 is 0 Å². The molecule has 1 aliphatic rings. The van der Waals surface area contributed by atoms with Crippen molar-refractivity contribution in [3.05, 3.63) is 64.8 Å². The van der Waals surface area contributed by atoms with Crippen molar-refractivity contribution in [2.75, 3.05) is 14.2 Å². The highest BCUT2D eigenvalue weighted by atomic mass is 35.5. The molecule has 1 aliphatic carbocycles. The smallest absolute Gasteiger partial charge is 0.319 e. The number of halogens is 2. The molecule has 9 heteroatoms. The molecule has 0 N–H and O–H groups in total. The van der Waals surface area contributed by atoms with Crippen molar-refractivity contribution >= 4 is 17.2 Å². The minimum Gasteiger partial charge on any atom is -0.480 e. The fourth-order valence-corrected chi connectivity index (χ4v) is 3.97. The predicted octanol–water partition coefficient (Wildman–Crippen LogP) is 4.27. The topological polar surface area (TPSA) is 74.4 Å². The van der Waals surface area contributed by atoms with Gasteiger partial charge in [-0.15, -0.1) is 0 Å². The third kappa shape index (κ3) is 3.13. The van der Waals surface area contributed by atoms with Gasteiger partial charge in [-0.2, -0.15) is 10.1 Å². The summed E-state index contributed by atoms with van der Waals surface area (Å²) >= 11 is 5.98. The molecule has 1 aromatic carbocycles. The molecule has 0 saturated heterocycles. The van der Waals surface area contributed by atoms with Crippen LogP contribution in [0.25, 0.3) is 16.9 Å². The van der Waals surface area contributed by atoms with Gasteiger partial charge in [-0.1, -0.05) is 17.7 Å². The van der Waals surface area contributed by atoms with Gasteiger partial charge >= 0.3 is 6.01 Å². The van der Waals surface area contributed by atoms with Gasteiger partial charge in [0.2, 0.25) is 5.88 Å². The number of rotatable bonds is 5. The molecule has 4 aromatic rings. The summed E-state index contributed by atoms with van der Waals surface area (Å²) in [5, 5.41) is 4.79. The molecular formula is C21H17ClFN5O2. The Morgan fingerprint density at radius 3 is 2.77 bits per heavy atom. The molecule has 152 valence electrons. The molecule has 7 nitrogen and oxygen atoms in total. The van der Waals surface area contributed by atoms with Gasteiger partial charge in [-0.3, -0.25) is 0 Å². The standard InChI is InChI=1S/C21H17ClFN5O2/c1-29-20-15(10-25-21(26-20)30-2)18-9-14(19-24-5-6-28(19)27-18)13-8-12(13)11-3-4-17(23)16(22)7-11/h3-7,9-10,12-13H,8H2,1-2H3/t12-,13+/m1/s1. The molecule has 1 fully saturated rings. The van der Waals surface area contributed by atoms with E-state index in [1.807, 2.05) is 6.07 Å². The van der Waals surface area contributed by atoms with Gasteiger partial charge in [0.1, 0.15) is 5.82 Å². The first-order chi connectivity index (χ1) is 14.6. The maximum Gasteiger partial charge on any atom is 0.319 e. The first-order valence-corrected chi connectivity index (χ1v) is 9.71. The van der Waals surface area contributed by atoms with Crippen LogP contribution in [0.3, 0.4) is 0 Å². The highest BCUT2D eigenvalue weighted by molar-refractivity contribution is 6.30. The summed E-state index contributed by atoms with van der Waals surface area (Å²) in [6, 6.07) is 7.11. The Morgan fingerprint density at radius 1 is 1.13 bits per heavy atom. The minimum atomic E-state index is -0.411. The van der Waals surface area contributed by atoms with Crippen molar-refractivity contribution in [3.63, 3.8) is 0 Å². The molecule has 0 unspecified atom stereocenters. The number of hydrogen-bond acceptors (Lipinski definition) is 6. The monoisotopic (exact) mass is 425 g/mol. The molecule has 30 heavy (non-hydrogen) atoms. The number of hydrogen-bond donors (Lipinski definition) is 0. The number of nitrogens with zero attached hydrogens (tertiary/aromatic N) is 5. The molecule has 0 amide bonds. The highest BCUT2D eigenvalue weighted by Crippen LogP contribution is 2.56. The van der Waals surface area contributed by atoms with E-state index in [1.54, 1.807) is 35.2 Å². The summed E-state index contributed by atoms with van der Waals surface area (Å²) in [5.41, 5.74) is 4.16. The van der Waals surface area contributed by atoms with Crippen molar-refractivity contribution in [1.29, 1.82) is 0 Å². The largest absolute Gasteiger partial charge is 0.480 e. The molecule has 0 radical (unpaired) electrons. The van der Waals surface area contributed by atoms with Crippen molar-refractivity contribution in [1.82, 2.24) is 24.6 Å². The summed E-state index contributed by atoms with van der Waals surface area (Å²) in [7, 11) is 3.04. The van der Waals surface area contributed by atoms with E-state index in [4.69, 9.17) is 21.1 Å². The maximum absolute atomic E-state index is 13.5. The van der Waals surface area contributed by atoms with Gasteiger partial charge in [0, 0.05) is 24.2 Å². The van der Waals surface area contributed by atoms with E-state index in [0.717, 1.165) is 23.2 Å². The van der Waals surface area contributed by atoms with Crippen LogP contribution in [0.15, 0.2) is 42.9 Å². The van der Waals surface area contributed by atoms with Gasteiger partial charge in [-0.05, 0) is 42.0 Å². The molecule has 0 bridgehead atoms. The van der Waals surface area contributed by atoms with Crippen LogP contribution in [0.1, 0.15) is 29.4 Å². The van der Waals surface area contributed by atoms with Crippen LogP contribution in [0, 0.1) is 5.82 Å². The second-order valence-electron chi connectivity index (χ2n) is 7.08. The first-order valence-electron chi connectivity index (χ1n) is 9.33. The van der Waals surface area contributed by atoms with Crippen LogP contribution in [-0.2, 0) is 0 Å². The van der Waals surface area contributed by atoms with Crippen LogP contribution in [0.2, 0.25) is 5.02 Å². The Bertz CT molecular complexity index is 1260. The van der Waals surface area contributed by atoms with E-state index in [9.17, 15) is 4.39 Å². The van der Waals surface area contributed by atoms with Crippen molar-refractivity contribution < 1.29 is 13.9 Å². The lowest BCUT2D eigenvalue weighted by molar-refractivity contribution is 0.353. The van der Waals surface area contributed by atoms with Crippen molar-refractivity contribution in [2.24, 2.45) is 0 Å². The van der Waals surface area contributed by atoms with Crippen molar-refractivity contribution in [2.45, 2.75) is 18.3 Å². The fraction of sp³-hybridized carbons (Fsp3) is 0.238. The second-order valence-corrected chi connectivity index (χ2v) is 7.49. The van der Waals surface area contributed by atoms with E-state index in [1.165, 1.54) is 20.3 Å².